The zero-order chi connectivity index (χ0) is 8.97. The number of hydrogen-bond acceptors (Lipinski definition) is 3. The van der Waals surface area contributed by atoms with Crippen LogP contribution < -0.4 is 5.73 Å². The summed E-state index contributed by atoms with van der Waals surface area (Å²) in [7, 11) is 1.99. The molecule has 0 aliphatic heterocycles. The van der Waals surface area contributed by atoms with E-state index in [0.717, 1.165) is 17.3 Å². The quantitative estimate of drug-likeness (QED) is 0.718. The summed E-state index contributed by atoms with van der Waals surface area (Å²) < 4.78 is 2.01. The smallest absolute Gasteiger partial charge is 0.167 e. The van der Waals surface area contributed by atoms with E-state index in [2.05, 4.69) is 11.9 Å². The molecule has 12 heavy (non-hydrogen) atoms. The molecule has 1 rings (SSSR count). The van der Waals surface area contributed by atoms with Crippen molar-refractivity contribution in [3.8, 4) is 0 Å². The first-order valence-electron chi connectivity index (χ1n) is 4.09. The molecule has 2 N–H and O–H groups in total. The lowest BCUT2D eigenvalue weighted by Crippen LogP contribution is -2.21. The van der Waals surface area contributed by atoms with Gasteiger partial charge in [0.1, 0.15) is 0 Å². The minimum Gasteiger partial charge on any atom is -0.329 e. The van der Waals surface area contributed by atoms with Crippen LogP contribution in [0.2, 0.25) is 0 Å². The number of hydrogen-bond donors (Lipinski definition) is 1. The van der Waals surface area contributed by atoms with Crippen LogP contribution in [0.3, 0.4) is 0 Å². The minimum absolute atomic E-state index is 0.284. The Kier molecular flexibility index (Phi) is 3.62. The first-order valence-corrected chi connectivity index (χ1v) is 5.08. The average molecular weight is 185 g/mol. The summed E-state index contributed by atoms with van der Waals surface area (Å²) in [5, 5.41) is 1.04. The predicted octanol–water partition coefficient (Wildman–Crippen LogP) is 1.25. The number of aryl methyl sites for hydroxylation is 1. The second-order valence-electron chi connectivity index (χ2n) is 2.80. The Morgan fingerprint density at radius 2 is 2.50 bits per heavy atom. The number of rotatable bonds is 4. The van der Waals surface area contributed by atoms with Gasteiger partial charge >= 0.3 is 0 Å². The van der Waals surface area contributed by atoms with Crippen molar-refractivity contribution in [2.24, 2.45) is 12.8 Å². The summed E-state index contributed by atoms with van der Waals surface area (Å²) in [6, 6.07) is 0.284. The number of thioether (sulfide) groups is 1. The highest BCUT2D eigenvalue weighted by Gasteiger charge is 2.03. The van der Waals surface area contributed by atoms with Crippen LogP contribution in [-0.4, -0.2) is 21.3 Å². The van der Waals surface area contributed by atoms with Crippen molar-refractivity contribution in [2.75, 3.05) is 5.75 Å². The van der Waals surface area contributed by atoms with E-state index in [1.807, 2.05) is 17.8 Å². The summed E-state index contributed by atoms with van der Waals surface area (Å²) in [4.78, 5) is 4.19. The topological polar surface area (TPSA) is 43.8 Å². The first kappa shape index (κ1) is 9.61. The number of imidazole rings is 1. The zero-order valence-electron chi connectivity index (χ0n) is 7.53. The van der Waals surface area contributed by atoms with Gasteiger partial charge in [-0.2, -0.15) is 0 Å². The minimum atomic E-state index is 0.284. The van der Waals surface area contributed by atoms with E-state index in [1.54, 1.807) is 18.0 Å². The molecular formula is C8H15N3S. The van der Waals surface area contributed by atoms with Crippen LogP contribution in [0.4, 0.5) is 0 Å². The normalized spacial score (nSPS) is 13.2. The van der Waals surface area contributed by atoms with E-state index < -0.39 is 0 Å². The van der Waals surface area contributed by atoms with Crippen molar-refractivity contribution in [2.45, 2.75) is 24.5 Å². The summed E-state index contributed by atoms with van der Waals surface area (Å²) in [6.07, 6.45) is 4.77. The van der Waals surface area contributed by atoms with Gasteiger partial charge in [-0.1, -0.05) is 18.7 Å². The second kappa shape index (κ2) is 4.52. The van der Waals surface area contributed by atoms with Gasteiger partial charge in [-0.3, -0.25) is 0 Å². The molecule has 1 atom stereocenters. The molecule has 0 saturated carbocycles. The van der Waals surface area contributed by atoms with E-state index in [0.29, 0.717) is 0 Å². The number of aromatic nitrogens is 2. The van der Waals surface area contributed by atoms with Crippen LogP contribution in [-0.2, 0) is 7.05 Å². The van der Waals surface area contributed by atoms with Gasteiger partial charge in [0.2, 0.25) is 0 Å². The molecule has 1 heterocycles. The van der Waals surface area contributed by atoms with Crippen molar-refractivity contribution in [1.82, 2.24) is 9.55 Å². The molecule has 0 saturated heterocycles. The highest BCUT2D eigenvalue weighted by molar-refractivity contribution is 7.99. The van der Waals surface area contributed by atoms with E-state index in [-0.39, 0.29) is 6.04 Å². The summed E-state index contributed by atoms with van der Waals surface area (Å²) in [5.74, 6) is 0.946. The molecule has 0 bridgehead atoms. The lowest BCUT2D eigenvalue weighted by atomic mass is 10.3. The number of nitrogens with two attached hydrogens (primary N) is 1. The number of nitrogens with zero attached hydrogens (tertiary/aromatic N) is 2. The van der Waals surface area contributed by atoms with Gasteiger partial charge in [0, 0.05) is 31.2 Å². The van der Waals surface area contributed by atoms with Crippen molar-refractivity contribution in [1.29, 1.82) is 0 Å². The Hall–Kier alpha value is -0.480. The lowest BCUT2D eigenvalue weighted by Gasteiger charge is -2.06. The van der Waals surface area contributed by atoms with Gasteiger partial charge in [-0.15, -0.1) is 0 Å². The maximum Gasteiger partial charge on any atom is 0.167 e. The van der Waals surface area contributed by atoms with E-state index in [1.165, 1.54) is 0 Å². The Morgan fingerprint density at radius 1 is 1.75 bits per heavy atom. The second-order valence-corrected chi connectivity index (χ2v) is 3.79. The van der Waals surface area contributed by atoms with Gasteiger partial charge in [-0.25, -0.2) is 4.98 Å². The standard InChI is InChI=1S/C8H15N3S/c1-3-7(9)6-12-8-10-4-5-11(8)2/h4-5,7H,3,6,9H2,1-2H3/t7-/m0/s1. The Labute approximate surface area is 77.4 Å². The Balaban J connectivity index is 2.38. The molecule has 0 amide bonds. The van der Waals surface area contributed by atoms with Crippen LogP contribution in [0.15, 0.2) is 17.6 Å². The molecule has 0 unspecified atom stereocenters. The van der Waals surface area contributed by atoms with Crippen LogP contribution in [0.5, 0.6) is 0 Å². The molecular weight excluding hydrogens is 170 g/mol. The van der Waals surface area contributed by atoms with Gasteiger partial charge < -0.3 is 10.3 Å². The molecule has 68 valence electrons. The third kappa shape index (κ3) is 2.53. The van der Waals surface area contributed by atoms with Crippen LogP contribution in [0, 0.1) is 0 Å². The molecule has 0 aliphatic carbocycles. The highest BCUT2D eigenvalue weighted by Crippen LogP contribution is 2.15. The zero-order valence-corrected chi connectivity index (χ0v) is 8.34. The summed E-state index contributed by atoms with van der Waals surface area (Å²) in [5.41, 5.74) is 5.78. The van der Waals surface area contributed by atoms with Crippen LogP contribution >= 0.6 is 11.8 Å². The lowest BCUT2D eigenvalue weighted by molar-refractivity contribution is 0.719. The van der Waals surface area contributed by atoms with Gasteiger partial charge in [0.25, 0.3) is 0 Å². The molecule has 0 spiro atoms. The maximum atomic E-state index is 5.78. The Bertz CT molecular complexity index is 234. The Morgan fingerprint density at radius 3 is 3.00 bits per heavy atom. The molecule has 0 aliphatic rings. The average Bonchev–Trinajstić information content (AvgIpc) is 2.47. The van der Waals surface area contributed by atoms with E-state index >= 15 is 0 Å². The summed E-state index contributed by atoms with van der Waals surface area (Å²) in [6.45, 7) is 2.10. The van der Waals surface area contributed by atoms with Crippen molar-refractivity contribution in [3.63, 3.8) is 0 Å². The van der Waals surface area contributed by atoms with Gasteiger partial charge in [-0.05, 0) is 6.42 Å². The monoisotopic (exact) mass is 185 g/mol. The maximum absolute atomic E-state index is 5.78. The van der Waals surface area contributed by atoms with E-state index in [4.69, 9.17) is 5.73 Å². The molecule has 1 aromatic heterocycles. The van der Waals surface area contributed by atoms with Crippen molar-refractivity contribution < 1.29 is 0 Å². The SMILES string of the molecule is CC[C@H](N)CSc1nccn1C. The van der Waals surface area contributed by atoms with Crippen LogP contribution in [0.1, 0.15) is 13.3 Å². The molecule has 0 fully saturated rings. The third-order valence-electron chi connectivity index (χ3n) is 1.73. The van der Waals surface area contributed by atoms with Crippen LogP contribution in [0.25, 0.3) is 0 Å². The molecule has 4 heteroatoms. The molecule has 3 nitrogen and oxygen atoms in total. The fourth-order valence-corrected chi connectivity index (χ4v) is 1.79. The molecule has 1 aromatic rings. The first-order chi connectivity index (χ1) is 5.74. The van der Waals surface area contributed by atoms with Crippen molar-refractivity contribution >= 4 is 11.8 Å². The van der Waals surface area contributed by atoms with Crippen molar-refractivity contribution in [3.05, 3.63) is 12.4 Å². The fourth-order valence-electron chi connectivity index (χ4n) is 0.790. The summed E-state index contributed by atoms with van der Waals surface area (Å²) >= 11 is 1.71. The fraction of sp³-hybridized carbons (Fsp3) is 0.625. The third-order valence-corrected chi connectivity index (χ3v) is 2.97. The highest BCUT2D eigenvalue weighted by atomic mass is 32.2. The predicted molar refractivity (Wildman–Crippen MR) is 52.2 cm³/mol. The van der Waals surface area contributed by atoms with Gasteiger partial charge in [0.15, 0.2) is 5.16 Å². The largest absolute Gasteiger partial charge is 0.329 e. The van der Waals surface area contributed by atoms with Gasteiger partial charge in [0.05, 0.1) is 0 Å². The molecule has 0 aromatic carbocycles. The van der Waals surface area contributed by atoms with E-state index in [9.17, 15) is 0 Å². The molecule has 0 radical (unpaired) electrons.